The van der Waals surface area contributed by atoms with Gasteiger partial charge in [-0.25, -0.2) is 0 Å². The SMILES string of the molecule is CCNC(=NCC(O)c1ccc(Cl)cc1)N1CCC(C(=O)N2CCOCC2)CC1. The van der Waals surface area contributed by atoms with E-state index in [9.17, 15) is 9.90 Å². The van der Waals surface area contributed by atoms with Gasteiger partial charge in [-0.2, -0.15) is 0 Å². The molecule has 0 spiro atoms. The average molecular weight is 423 g/mol. The zero-order valence-electron chi connectivity index (χ0n) is 17.0. The Labute approximate surface area is 177 Å². The first-order valence-corrected chi connectivity index (χ1v) is 10.8. The van der Waals surface area contributed by atoms with E-state index in [0.29, 0.717) is 31.3 Å². The topological polar surface area (TPSA) is 77.4 Å². The van der Waals surface area contributed by atoms with Crippen molar-refractivity contribution in [1.82, 2.24) is 15.1 Å². The second kappa shape index (κ2) is 10.8. The first-order valence-electron chi connectivity index (χ1n) is 10.4. The van der Waals surface area contributed by atoms with Crippen LogP contribution in [0, 0.1) is 5.92 Å². The van der Waals surface area contributed by atoms with Gasteiger partial charge in [0.25, 0.3) is 0 Å². The molecule has 8 heteroatoms. The number of morpholine rings is 1. The smallest absolute Gasteiger partial charge is 0.225 e. The maximum atomic E-state index is 12.7. The number of hydrogen-bond donors (Lipinski definition) is 2. The molecule has 7 nitrogen and oxygen atoms in total. The Morgan fingerprint density at radius 2 is 1.86 bits per heavy atom. The number of aliphatic hydroxyl groups excluding tert-OH is 1. The molecule has 1 aromatic rings. The average Bonchev–Trinajstić information content (AvgIpc) is 2.77. The van der Waals surface area contributed by atoms with E-state index < -0.39 is 6.10 Å². The number of aliphatic imine (C=N–C) groups is 1. The number of carbonyl (C=O) groups is 1. The van der Waals surface area contributed by atoms with Gasteiger partial charge in [-0.3, -0.25) is 9.79 Å². The van der Waals surface area contributed by atoms with E-state index in [2.05, 4.69) is 15.2 Å². The van der Waals surface area contributed by atoms with Crippen LogP contribution in [0.5, 0.6) is 0 Å². The minimum atomic E-state index is -0.679. The van der Waals surface area contributed by atoms with Crippen molar-refractivity contribution in [3.63, 3.8) is 0 Å². The van der Waals surface area contributed by atoms with Gasteiger partial charge in [0.2, 0.25) is 5.91 Å². The summed E-state index contributed by atoms with van der Waals surface area (Å²) in [6.45, 7) is 7.29. The van der Waals surface area contributed by atoms with Gasteiger partial charge < -0.3 is 25.0 Å². The largest absolute Gasteiger partial charge is 0.386 e. The summed E-state index contributed by atoms with van der Waals surface area (Å²) < 4.78 is 5.34. The highest BCUT2D eigenvalue weighted by Crippen LogP contribution is 2.21. The maximum absolute atomic E-state index is 12.7. The third kappa shape index (κ3) is 6.07. The molecular formula is C21H31ClN4O3. The minimum absolute atomic E-state index is 0.0758. The van der Waals surface area contributed by atoms with Gasteiger partial charge in [0.05, 0.1) is 25.9 Å². The molecule has 0 radical (unpaired) electrons. The number of rotatable bonds is 5. The zero-order chi connectivity index (χ0) is 20.6. The molecule has 2 aliphatic heterocycles. The van der Waals surface area contributed by atoms with Crippen LogP contribution in [0.25, 0.3) is 0 Å². The molecule has 1 atom stereocenters. The summed E-state index contributed by atoms with van der Waals surface area (Å²) in [5.74, 6) is 1.12. The van der Waals surface area contributed by atoms with E-state index in [1.807, 2.05) is 24.0 Å². The van der Waals surface area contributed by atoms with Crippen molar-refractivity contribution in [1.29, 1.82) is 0 Å². The van der Waals surface area contributed by atoms with Gasteiger partial charge in [0, 0.05) is 43.7 Å². The molecule has 1 unspecified atom stereocenters. The Kier molecular flexibility index (Phi) is 8.15. The second-order valence-electron chi connectivity index (χ2n) is 7.46. The molecule has 2 fully saturated rings. The van der Waals surface area contributed by atoms with Crippen LogP contribution in [0.2, 0.25) is 5.02 Å². The number of halogens is 1. The predicted octanol–water partition coefficient (Wildman–Crippen LogP) is 1.91. The molecule has 1 amide bonds. The first kappa shape index (κ1) is 21.9. The molecule has 0 bridgehead atoms. The molecule has 0 aliphatic carbocycles. The van der Waals surface area contributed by atoms with Gasteiger partial charge in [0.15, 0.2) is 5.96 Å². The summed E-state index contributed by atoms with van der Waals surface area (Å²) in [7, 11) is 0. The Morgan fingerprint density at radius 3 is 2.48 bits per heavy atom. The fourth-order valence-corrected chi connectivity index (χ4v) is 3.90. The Morgan fingerprint density at radius 1 is 1.21 bits per heavy atom. The quantitative estimate of drug-likeness (QED) is 0.560. The van der Waals surface area contributed by atoms with E-state index in [1.165, 1.54) is 0 Å². The van der Waals surface area contributed by atoms with Crippen molar-refractivity contribution < 1.29 is 14.6 Å². The fraction of sp³-hybridized carbons (Fsp3) is 0.619. The summed E-state index contributed by atoms with van der Waals surface area (Å²) in [6, 6.07) is 7.17. The van der Waals surface area contributed by atoms with Gasteiger partial charge in [-0.1, -0.05) is 23.7 Å². The minimum Gasteiger partial charge on any atom is -0.386 e. The number of benzene rings is 1. The summed E-state index contributed by atoms with van der Waals surface area (Å²) >= 11 is 5.91. The van der Waals surface area contributed by atoms with E-state index in [0.717, 1.165) is 44.0 Å². The molecule has 2 N–H and O–H groups in total. The van der Waals surface area contributed by atoms with Crippen molar-refractivity contribution >= 4 is 23.5 Å². The highest BCUT2D eigenvalue weighted by atomic mass is 35.5. The van der Waals surface area contributed by atoms with E-state index in [1.54, 1.807) is 12.1 Å². The van der Waals surface area contributed by atoms with Gasteiger partial charge in [-0.15, -0.1) is 0 Å². The summed E-state index contributed by atoms with van der Waals surface area (Å²) in [5, 5.41) is 14.4. The molecule has 3 rings (SSSR count). The van der Waals surface area contributed by atoms with Crippen molar-refractivity contribution in [3.05, 3.63) is 34.9 Å². The van der Waals surface area contributed by atoms with Crippen molar-refractivity contribution in [2.45, 2.75) is 25.9 Å². The highest BCUT2D eigenvalue weighted by molar-refractivity contribution is 6.30. The van der Waals surface area contributed by atoms with E-state index in [4.69, 9.17) is 16.3 Å². The summed E-state index contributed by atoms with van der Waals surface area (Å²) in [6.07, 6.45) is 0.960. The number of guanidine groups is 1. The highest BCUT2D eigenvalue weighted by Gasteiger charge is 2.30. The van der Waals surface area contributed by atoms with Crippen LogP contribution < -0.4 is 5.32 Å². The predicted molar refractivity (Wildman–Crippen MR) is 114 cm³/mol. The number of hydrogen-bond acceptors (Lipinski definition) is 4. The van der Waals surface area contributed by atoms with Crippen LogP contribution in [0.4, 0.5) is 0 Å². The standard InChI is InChI=1S/C21H31ClN4O3/c1-2-23-21(24-15-19(27)16-3-5-18(22)6-4-16)26-9-7-17(8-10-26)20(28)25-11-13-29-14-12-25/h3-6,17,19,27H,2,7-15H2,1H3,(H,23,24). The number of ether oxygens (including phenoxy) is 1. The van der Waals surface area contributed by atoms with Crippen LogP contribution in [-0.4, -0.2) is 79.3 Å². The Bertz CT molecular complexity index is 684. The molecular weight excluding hydrogens is 392 g/mol. The van der Waals surface area contributed by atoms with Crippen LogP contribution in [0.3, 0.4) is 0 Å². The molecule has 160 valence electrons. The van der Waals surface area contributed by atoms with Crippen molar-refractivity contribution in [3.8, 4) is 0 Å². The lowest BCUT2D eigenvalue weighted by atomic mass is 9.95. The van der Waals surface area contributed by atoms with Gasteiger partial charge in [0.1, 0.15) is 0 Å². The number of amides is 1. The number of likely N-dealkylation sites (tertiary alicyclic amines) is 1. The third-order valence-electron chi connectivity index (χ3n) is 5.47. The van der Waals surface area contributed by atoms with Crippen LogP contribution in [0.1, 0.15) is 31.4 Å². The lowest BCUT2D eigenvalue weighted by Crippen LogP contribution is -2.50. The van der Waals surface area contributed by atoms with E-state index in [-0.39, 0.29) is 18.4 Å². The van der Waals surface area contributed by atoms with Crippen molar-refractivity contribution in [2.75, 3.05) is 52.5 Å². The molecule has 2 aliphatic rings. The number of nitrogens with zero attached hydrogens (tertiary/aromatic N) is 3. The summed E-state index contributed by atoms with van der Waals surface area (Å²) in [4.78, 5) is 21.5. The number of aliphatic hydroxyl groups is 1. The van der Waals surface area contributed by atoms with Crippen LogP contribution in [0.15, 0.2) is 29.3 Å². The fourth-order valence-electron chi connectivity index (χ4n) is 3.77. The maximum Gasteiger partial charge on any atom is 0.225 e. The van der Waals surface area contributed by atoms with Crippen LogP contribution in [-0.2, 0) is 9.53 Å². The van der Waals surface area contributed by atoms with Crippen molar-refractivity contribution in [2.24, 2.45) is 10.9 Å². The van der Waals surface area contributed by atoms with Crippen LogP contribution >= 0.6 is 11.6 Å². The molecule has 1 aromatic carbocycles. The number of piperidine rings is 1. The molecule has 29 heavy (non-hydrogen) atoms. The molecule has 0 aromatic heterocycles. The molecule has 0 saturated carbocycles. The zero-order valence-corrected chi connectivity index (χ0v) is 17.8. The molecule has 2 heterocycles. The van der Waals surface area contributed by atoms with Gasteiger partial charge >= 0.3 is 0 Å². The van der Waals surface area contributed by atoms with E-state index >= 15 is 0 Å². The monoisotopic (exact) mass is 422 g/mol. The normalized spacial score (nSPS) is 19.9. The number of carbonyl (C=O) groups excluding carboxylic acids is 1. The lowest BCUT2D eigenvalue weighted by Gasteiger charge is -2.36. The number of nitrogens with one attached hydrogen (secondary N) is 1. The van der Waals surface area contributed by atoms with Gasteiger partial charge in [-0.05, 0) is 37.5 Å². The summed E-state index contributed by atoms with van der Waals surface area (Å²) in [5.41, 5.74) is 0.795. The Balaban J connectivity index is 1.54. The second-order valence-corrected chi connectivity index (χ2v) is 7.90. The first-order chi connectivity index (χ1) is 14.1. The third-order valence-corrected chi connectivity index (χ3v) is 5.72. The molecule has 2 saturated heterocycles. The Hall–Kier alpha value is -1.83. The lowest BCUT2D eigenvalue weighted by molar-refractivity contribution is -0.140.